The van der Waals surface area contributed by atoms with Crippen molar-refractivity contribution < 1.29 is 19.8 Å². The zero-order valence-electron chi connectivity index (χ0n) is 16.8. The molecule has 0 aromatic heterocycles. The van der Waals surface area contributed by atoms with Crippen LogP contribution in [0.3, 0.4) is 0 Å². The summed E-state index contributed by atoms with van der Waals surface area (Å²) >= 11 is 5.31. The van der Waals surface area contributed by atoms with Crippen LogP contribution in [0.2, 0.25) is 0 Å². The quantitative estimate of drug-likeness (QED) is 0.382. The van der Waals surface area contributed by atoms with E-state index >= 15 is 0 Å². The van der Waals surface area contributed by atoms with Crippen molar-refractivity contribution >= 4 is 29.3 Å². The van der Waals surface area contributed by atoms with Gasteiger partial charge in [0.15, 0.2) is 5.11 Å². The van der Waals surface area contributed by atoms with E-state index < -0.39 is 11.9 Å². The fourth-order valence-electron chi connectivity index (χ4n) is 3.43. The van der Waals surface area contributed by atoms with E-state index in [1.165, 1.54) is 0 Å². The molecule has 0 amide bonds. The van der Waals surface area contributed by atoms with E-state index in [2.05, 4.69) is 10.6 Å². The molecule has 0 bridgehead atoms. The summed E-state index contributed by atoms with van der Waals surface area (Å²) in [6.07, 6.45) is 1.42. The molecule has 4 N–H and O–H groups in total. The first-order valence-electron chi connectivity index (χ1n) is 10.0. The van der Waals surface area contributed by atoms with Gasteiger partial charge in [-0.25, -0.2) is 0 Å². The molecule has 0 saturated carbocycles. The van der Waals surface area contributed by atoms with Crippen molar-refractivity contribution in [3.63, 3.8) is 0 Å². The van der Waals surface area contributed by atoms with Crippen LogP contribution in [0.25, 0.3) is 0 Å². The Morgan fingerprint density at radius 1 is 0.733 bits per heavy atom. The Balaban J connectivity index is 1.77. The molecule has 0 aliphatic carbocycles. The molecular weight excluding hydrogens is 400 g/mol. The lowest BCUT2D eigenvalue weighted by Gasteiger charge is -2.18. The van der Waals surface area contributed by atoms with Gasteiger partial charge >= 0.3 is 11.9 Å². The third-order valence-corrected chi connectivity index (χ3v) is 5.23. The van der Waals surface area contributed by atoms with Crippen molar-refractivity contribution in [2.24, 2.45) is 0 Å². The summed E-state index contributed by atoms with van der Waals surface area (Å²) in [5.41, 5.74) is 2.00. The van der Waals surface area contributed by atoms with Crippen molar-refractivity contribution in [3.05, 3.63) is 71.8 Å². The molecule has 2 rings (SSSR count). The lowest BCUT2D eigenvalue weighted by molar-refractivity contribution is -0.138. The lowest BCUT2D eigenvalue weighted by Crippen LogP contribution is -2.37. The van der Waals surface area contributed by atoms with Crippen molar-refractivity contribution in [2.75, 3.05) is 13.1 Å². The van der Waals surface area contributed by atoms with Crippen LogP contribution >= 0.6 is 12.2 Å². The minimum Gasteiger partial charge on any atom is -0.481 e. The summed E-state index contributed by atoms with van der Waals surface area (Å²) < 4.78 is 0. The van der Waals surface area contributed by atoms with Gasteiger partial charge in [0, 0.05) is 13.1 Å². The Morgan fingerprint density at radius 3 is 1.43 bits per heavy atom. The minimum absolute atomic E-state index is 0.0693. The van der Waals surface area contributed by atoms with Crippen LogP contribution in [-0.2, 0) is 9.59 Å². The fourth-order valence-corrected chi connectivity index (χ4v) is 3.63. The fraction of sp³-hybridized carbons (Fsp3) is 0.348. The van der Waals surface area contributed by atoms with E-state index in [4.69, 9.17) is 12.2 Å². The van der Waals surface area contributed by atoms with Crippen molar-refractivity contribution in [1.29, 1.82) is 0 Å². The molecular formula is C23H28N2O4S. The molecule has 2 atom stereocenters. The van der Waals surface area contributed by atoms with E-state index in [-0.39, 0.29) is 24.7 Å². The third-order valence-electron chi connectivity index (χ3n) is 4.94. The average Bonchev–Trinajstić information content (AvgIpc) is 2.73. The van der Waals surface area contributed by atoms with Crippen LogP contribution in [-0.4, -0.2) is 40.4 Å². The van der Waals surface area contributed by atoms with Gasteiger partial charge in [0.05, 0.1) is 12.8 Å². The smallest absolute Gasteiger partial charge is 0.303 e. The van der Waals surface area contributed by atoms with E-state index in [9.17, 15) is 19.8 Å². The predicted octanol–water partition coefficient (Wildman–Crippen LogP) is 3.75. The monoisotopic (exact) mass is 428 g/mol. The first kappa shape index (κ1) is 23.3. The molecule has 7 heteroatoms. The van der Waals surface area contributed by atoms with E-state index in [1.54, 1.807) is 0 Å². The predicted molar refractivity (Wildman–Crippen MR) is 121 cm³/mol. The van der Waals surface area contributed by atoms with Crippen LogP contribution in [0.15, 0.2) is 60.7 Å². The molecule has 2 aromatic rings. The van der Waals surface area contributed by atoms with Gasteiger partial charge in [-0.3, -0.25) is 9.59 Å². The number of carbonyl (C=O) groups is 2. The van der Waals surface area contributed by atoms with Crippen molar-refractivity contribution in [3.8, 4) is 0 Å². The molecule has 30 heavy (non-hydrogen) atoms. The van der Waals surface area contributed by atoms with Gasteiger partial charge in [0.1, 0.15) is 0 Å². The number of rotatable bonds is 12. The molecule has 6 nitrogen and oxygen atoms in total. The summed E-state index contributed by atoms with van der Waals surface area (Å²) in [5, 5.41) is 25.1. The number of hydrogen-bond donors (Lipinski definition) is 4. The highest BCUT2D eigenvalue weighted by molar-refractivity contribution is 7.80. The second kappa shape index (κ2) is 12.6. The number of aliphatic carboxylic acids is 2. The Bertz CT molecular complexity index is 747. The summed E-state index contributed by atoms with van der Waals surface area (Å²) in [6, 6.07) is 19.2. The standard InChI is InChI=1S/C23H28N2O4S/c26-21(27)15-19(17-7-3-1-4-8-17)11-13-24-23(30)25-14-12-20(16-22(28)29)18-9-5-2-6-10-18/h1-10,19-20H,11-16H2,(H,26,27)(H,28,29)(H2,24,25,30). The Kier molecular flexibility index (Phi) is 9.80. The summed E-state index contributed by atoms with van der Waals surface area (Å²) in [6.45, 7) is 1.10. The molecule has 2 unspecified atom stereocenters. The van der Waals surface area contributed by atoms with Gasteiger partial charge in [0.2, 0.25) is 0 Å². The molecule has 0 aliphatic rings. The maximum atomic E-state index is 11.2. The highest BCUT2D eigenvalue weighted by Crippen LogP contribution is 2.23. The van der Waals surface area contributed by atoms with Crippen LogP contribution in [0, 0.1) is 0 Å². The van der Waals surface area contributed by atoms with E-state index in [1.807, 2.05) is 60.7 Å². The third kappa shape index (κ3) is 8.61. The molecule has 0 spiro atoms. The lowest BCUT2D eigenvalue weighted by atomic mass is 9.92. The van der Waals surface area contributed by atoms with Crippen LogP contribution in [0.1, 0.15) is 48.6 Å². The number of hydrogen-bond acceptors (Lipinski definition) is 3. The number of benzene rings is 2. The van der Waals surface area contributed by atoms with Gasteiger partial charge in [-0.1, -0.05) is 60.7 Å². The van der Waals surface area contributed by atoms with Gasteiger partial charge in [-0.15, -0.1) is 0 Å². The second-order valence-corrected chi connectivity index (χ2v) is 7.58. The molecule has 0 fully saturated rings. The topological polar surface area (TPSA) is 98.7 Å². The van der Waals surface area contributed by atoms with Crippen LogP contribution in [0.4, 0.5) is 0 Å². The molecule has 2 aromatic carbocycles. The normalized spacial score (nSPS) is 12.5. The molecule has 0 radical (unpaired) electrons. The summed E-state index contributed by atoms with van der Waals surface area (Å²) in [7, 11) is 0. The molecule has 0 saturated heterocycles. The zero-order valence-corrected chi connectivity index (χ0v) is 17.6. The van der Waals surface area contributed by atoms with Gasteiger partial charge in [0.25, 0.3) is 0 Å². The number of thiocarbonyl (C=S) groups is 1. The largest absolute Gasteiger partial charge is 0.481 e. The Morgan fingerprint density at radius 2 is 1.10 bits per heavy atom. The van der Waals surface area contributed by atoms with E-state index in [0.29, 0.717) is 31.0 Å². The number of carboxylic acids is 2. The van der Waals surface area contributed by atoms with Gasteiger partial charge < -0.3 is 20.8 Å². The summed E-state index contributed by atoms with van der Waals surface area (Å²) in [4.78, 5) is 22.4. The van der Waals surface area contributed by atoms with Crippen LogP contribution in [0.5, 0.6) is 0 Å². The Labute approximate surface area is 182 Å². The first-order chi connectivity index (χ1) is 14.5. The maximum Gasteiger partial charge on any atom is 0.303 e. The molecule has 0 aliphatic heterocycles. The van der Waals surface area contributed by atoms with Gasteiger partial charge in [-0.2, -0.15) is 0 Å². The first-order valence-corrected chi connectivity index (χ1v) is 10.4. The summed E-state index contributed by atoms with van der Waals surface area (Å²) in [5.74, 6) is -1.82. The maximum absolute atomic E-state index is 11.2. The van der Waals surface area contributed by atoms with Crippen molar-refractivity contribution in [1.82, 2.24) is 10.6 Å². The number of nitrogens with one attached hydrogen (secondary N) is 2. The van der Waals surface area contributed by atoms with Crippen LogP contribution < -0.4 is 10.6 Å². The highest BCUT2D eigenvalue weighted by Gasteiger charge is 2.16. The SMILES string of the molecule is O=C(O)CC(CCNC(=S)NCCC(CC(=O)O)c1ccccc1)c1ccccc1. The highest BCUT2D eigenvalue weighted by atomic mass is 32.1. The number of carboxylic acid groups (broad SMARTS) is 2. The Hall–Kier alpha value is -2.93. The van der Waals surface area contributed by atoms with E-state index in [0.717, 1.165) is 11.1 Å². The minimum atomic E-state index is -0.824. The van der Waals surface area contributed by atoms with Crippen molar-refractivity contribution in [2.45, 2.75) is 37.5 Å². The zero-order chi connectivity index (χ0) is 21.8. The molecule has 0 heterocycles. The average molecular weight is 429 g/mol. The van der Waals surface area contributed by atoms with Gasteiger partial charge in [-0.05, 0) is 48.0 Å². The molecule has 160 valence electrons. The second-order valence-electron chi connectivity index (χ2n) is 7.17.